The van der Waals surface area contributed by atoms with Gasteiger partial charge in [-0.25, -0.2) is 4.98 Å². The smallest absolute Gasteiger partial charge is 0.309 e. The number of hydrogen-bond donors (Lipinski definition) is 4. The predicted molar refractivity (Wildman–Crippen MR) is 57.4 cm³/mol. The van der Waals surface area contributed by atoms with Crippen molar-refractivity contribution in [2.75, 3.05) is 19.6 Å². The van der Waals surface area contributed by atoms with Crippen molar-refractivity contribution in [2.24, 2.45) is 5.73 Å². The maximum Gasteiger partial charge on any atom is 0.309 e. The van der Waals surface area contributed by atoms with E-state index in [0.29, 0.717) is 26.1 Å². The van der Waals surface area contributed by atoms with Crippen molar-refractivity contribution in [3.05, 3.63) is 18.2 Å². The van der Waals surface area contributed by atoms with Crippen LogP contribution in [0.4, 0.5) is 0 Å². The summed E-state index contributed by atoms with van der Waals surface area (Å²) in [5, 5.41) is 4.87. The number of nitrogens with one attached hydrogen (secondary N) is 3. The van der Waals surface area contributed by atoms with Gasteiger partial charge in [0.15, 0.2) is 0 Å². The van der Waals surface area contributed by atoms with Gasteiger partial charge in [0.1, 0.15) is 0 Å². The van der Waals surface area contributed by atoms with Gasteiger partial charge >= 0.3 is 11.8 Å². The van der Waals surface area contributed by atoms with Crippen molar-refractivity contribution >= 4 is 11.8 Å². The molecule has 88 valence electrons. The molecule has 1 heterocycles. The van der Waals surface area contributed by atoms with Gasteiger partial charge in [-0.2, -0.15) is 0 Å². The molecule has 7 nitrogen and oxygen atoms in total. The van der Waals surface area contributed by atoms with Crippen molar-refractivity contribution in [2.45, 2.75) is 6.42 Å². The first kappa shape index (κ1) is 12.2. The number of hydrogen-bond acceptors (Lipinski definition) is 4. The van der Waals surface area contributed by atoms with Gasteiger partial charge in [0, 0.05) is 37.9 Å². The van der Waals surface area contributed by atoms with Gasteiger partial charge in [-0.05, 0) is 0 Å². The topological polar surface area (TPSA) is 113 Å². The maximum atomic E-state index is 11.2. The Hall–Kier alpha value is -1.89. The predicted octanol–water partition coefficient (Wildman–Crippen LogP) is -1.86. The molecule has 0 aliphatic heterocycles. The molecule has 0 saturated heterocycles. The summed E-state index contributed by atoms with van der Waals surface area (Å²) in [6, 6.07) is 0. The molecule has 7 heteroatoms. The quantitative estimate of drug-likeness (QED) is 0.440. The number of carbonyl (C=O) groups excluding carboxylic acids is 2. The molecule has 0 aliphatic carbocycles. The fourth-order valence-corrected chi connectivity index (χ4v) is 1.08. The van der Waals surface area contributed by atoms with E-state index in [-0.39, 0.29) is 0 Å². The lowest BCUT2D eigenvalue weighted by molar-refractivity contribution is -0.139. The highest BCUT2D eigenvalue weighted by Gasteiger charge is 2.11. The van der Waals surface area contributed by atoms with E-state index < -0.39 is 11.8 Å². The Balaban J connectivity index is 2.17. The van der Waals surface area contributed by atoms with Crippen LogP contribution in [0, 0.1) is 0 Å². The van der Waals surface area contributed by atoms with Crippen LogP contribution in [0.2, 0.25) is 0 Å². The summed E-state index contributed by atoms with van der Waals surface area (Å²) in [5.41, 5.74) is 6.09. The fraction of sp³-hybridized carbons (Fsp3) is 0.444. The van der Waals surface area contributed by atoms with E-state index in [1.165, 1.54) is 0 Å². The molecular formula is C9H15N5O2. The number of imidazole rings is 1. The van der Waals surface area contributed by atoms with Gasteiger partial charge in [-0.15, -0.1) is 0 Å². The molecule has 0 bridgehead atoms. The van der Waals surface area contributed by atoms with Gasteiger partial charge in [0.25, 0.3) is 0 Å². The average molecular weight is 225 g/mol. The zero-order valence-corrected chi connectivity index (χ0v) is 8.82. The highest BCUT2D eigenvalue weighted by atomic mass is 16.2. The third kappa shape index (κ3) is 4.09. The van der Waals surface area contributed by atoms with Gasteiger partial charge in [0.2, 0.25) is 0 Å². The van der Waals surface area contributed by atoms with Crippen LogP contribution in [0.25, 0.3) is 0 Å². The maximum absolute atomic E-state index is 11.2. The first-order valence-corrected chi connectivity index (χ1v) is 4.97. The second-order valence-corrected chi connectivity index (χ2v) is 3.13. The molecule has 1 aromatic rings. The van der Waals surface area contributed by atoms with Crippen molar-refractivity contribution < 1.29 is 9.59 Å². The van der Waals surface area contributed by atoms with Crippen LogP contribution in [-0.2, 0) is 16.0 Å². The van der Waals surface area contributed by atoms with Crippen molar-refractivity contribution in [1.82, 2.24) is 20.6 Å². The van der Waals surface area contributed by atoms with Gasteiger partial charge in [0.05, 0.1) is 6.33 Å². The van der Waals surface area contributed by atoms with Crippen LogP contribution >= 0.6 is 0 Å². The summed E-state index contributed by atoms with van der Waals surface area (Å²) < 4.78 is 0. The Bertz CT molecular complexity index is 336. The first-order chi connectivity index (χ1) is 7.74. The van der Waals surface area contributed by atoms with Crippen LogP contribution in [0.1, 0.15) is 5.69 Å². The number of aromatic amines is 1. The monoisotopic (exact) mass is 225 g/mol. The van der Waals surface area contributed by atoms with Crippen LogP contribution in [0.3, 0.4) is 0 Å². The minimum atomic E-state index is -0.657. The number of rotatable bonds is 5. The third-order valence-corrected chi connectivity index (χ3v) is 1.87. The van der Waals surface area contributed by atoms with Gasteiger partial charge < -0.3 is 21.4 Å². The zero-order valence-electron chi connectivity index (χ0n) is 8.82. The molecule has 5 N–H and O–H groups in total. The Morgan fingerprint density at radius 2 is 2.00 bits per heavy atom. The van der Waals surface area contributed by atoms with Crippen LogP contribution in [-0.4, -0.2) is 41.4 Å². The lowest BCUT2D eigenvalue weighted by Crippen LogP contribution is -2.42. The van der Waals surface area contributed by atoms with Crippen molar-refractivity contribution in [3.63, 3.8) is 0 Å². The van der Waals surface area contributed by atoms with Crippen molar-refractivity contribution in [3.8, 4) is 0 Å². The Morgan fingerprint density at radius 3 is 2.56 bits per heavy atom. The Labute approximate surface area is 92.8 Å². The van der Waals surface area contributed by atoms with E-state index in [2.05, 4.69) is 20.6 Å². The molecule has 1 aromatic heterocycles. The molecule has 16 heavy (non-hydrogen) atoms. The van der Waals surface area contributed by atoms with E-state index in [1.807, 2.05) is 0 Å². The van der Waals surface area contributed by atoms with E-state index in [1.54, 1.807) is 12.5 Å². The van der Waals surface area contributed by atoms with E-state index in [9.17, 15) is 9.59 Å². The van der Waals surface area contributed by atoms with Crippen LogP contribution in [0.15, 0.2) is 12.5 Å². The SMILES string of the molecule is NCCNC(=O)C(=O)NCCc1cnc[nH]1. The Kier molecular flexibility index (Phi) is 5.00. The normalized spacial score (nSPS) is 9.81. The van der Waals surface area contributed by atoms with Crippen LogP contribution < -0.4 is 16.4 Å². The highest BCUT2D eigenvalue weighted by Crippen LogP contribution is 1.90. The Morgan fingerprint density at radius 1 is 1.31 bits per heavy atom. The number of nitrogens with two attached hydrogens (primary N) is 1. The molecule has 0 unspecified atom stereocenters. The molecule has 2 amide bonds. The minimum absolute atomic E-state index is 0.298. The lowest BCUT2D eigenvalue weighted by Gasteiger charge is -2.04. The van der Waals surface area contributed by atoms with E-state index in [0.717, 1.165) is 5.69 Å². The van der Waals surface area contributed by atoms with E-state index >= 15 is 0 Å². The van der Waals surface area contributed by atoms with Gasteiger partial charge in [-0.3, -0.25) is 9.59 Å². The molecule has 0 spiro atoms. The summed E-state index contributed by atoms with van der Waals surface area (Å²) >= 11 is 0. The number of H-pyrrole nitrogens is 1. The number of amides is 2. The molecule has 0 radical (unpaired) electrons. The molecule has 0 fully saturated rings. The molecular weight excluding hydrogens is 210 g/mol. The number of carbonyl (C=O) groups is 2. The summed E-state index contributed by atoms with van der Waals surface area (Å²) in [4.78, 5) is 29.0. The third-order valence-electron chi connectivity index (χ3n) is 1.87. The van der Waals surface area contributed by atoms with Crippen LogP contribution in [0.5, 0.6) is 0 Å². The van der Waals surface area contributed by atoms with Gasteiger partial charge in [-0.1, -0.05) is 0 Å². The van der Waals surface area contributed by atoms with Crippen molar-refractivity contribution in [1.29, 1.82) is 0 Å². The second-order valence-electron chi connectivity index (χ2n) is 3.13. The standard InChI is InChI=1S/C9H15N5O2/c10-2-4-13-9(16)8(15)12-3-1-7-5-11-6-14-7/h5-6H,1-4,10H2,(H,11,14)(H,12,15)(H,13,16). The summed E-state index contributed by atoms with van der Waals surface area (Å²) in [6.07, 6.45) is 3.83. The zero-order chi connectivity index (χ0) is 11.8. The first-order valence-electron chi connectivity index (χ1n) is 4.97. The highest BCUT2D eigenvalue weighted by molar-refractivity contribution is 6.35. The summed E-state index contributed by atoms with van der Waals surface area (Å²) in [5.74, 6) is -1.30. The van der Waals surface area contributed by atoms with E-state index in [4.69, 9.17) is 5.73 Å². The molecule has 0 aliphatic rings. The fourth-order valence-electron chi connectivity index (χ4n) is 1.08. The number of aromatic nitrogens is 2. The second kappa shape index (κ2) is 6.57. The summed E-state index contributed by atoms with van der Waals surface area (Å²) in [6.45, 7) is 0.997. The molecule has 0 saturated carbocycles. The number of nitrogens with zero attached hydrogens (tertiary/aromatic N) is 1. The molecule has 0 atom stereocenters. The largest absolute Gasteiger partial charge is 0.348 e. The summed E-state index contributed by atoms with van der Waals surface area (Å²) in [7, 11) is 0. The molecule has 0 aromatic carbocycles. The molecule has 1 rings (SSSR count). The lowest BCUT2D eigenvalue weighted by atomic mass is 10.3. The average Bonchev–Trinajstić information content (AvgIpc) is 2.78. The minimum Gasteiger partial charge on any atom is -0.348 e.